The number of aldehydes is 1. The van der Waals surface area contributed by atoms with Gasteiger partial charge in [0.05, 0.1) is 12.2 Å². The van der Waals surface area contributed by atoms with Crippen LogP contribution in [0.15, 0.2) is 60.7 Å². The van der Waals surface area contributed by atoms with Crippen LogP contribution in [0.4, 0.5) is 0 Å². The molecule has 0 bridgehead atoms. The van der Waals surface area contributed by atoms with E-state index in [1.165, 1.54) is 0 Å². The van der Waals surface area contributed by atoms with Crippen molar-refractivity contribution in [2.24, 2.45) is 0 Å². The summed E-state index contributed by atoms with van der Waals surface area (Å²) in [4.78, 5) is 36.5. The van der Waals surface area contributed by atoms with E-state index in [0.717, 1.165) is 22.8 Å². The highest BCUT2D eigenvalue weighted by Crippen LogP contribution is 2.20. The summed E-state index contributed by atoms with van der Waals surface area (Å²) in [5.74, 6) is -0.460. The number of fused-ring (bicyclic) bond motifs is 1. The third kappa shape index (κ3) is 3.33. The van der Waals surface area contributed by atoms with E-state index in [1.807, 2.05) is 54.6 Å². The van der Waals surface area contributed by atoms with E-state index in [4.69, 9.17) is 0 Å². The van der Waals surface area contributed by atoms with Gasteiger partial charge in [-0.15, -0.1) is 0 Å². The fraction of sp³-hybridized carbons (Fsp3) is 0.190. The number of amides is 2. The average Bonchev–Trinajstić information content (AvgIpc) is 3.04. The first-order chi connectivity index (χ1) is 13.2. The van der Waals surface area contributed by atoms with Crippen LogP contribution in [-0.2, 0) is 22.6 Å². The van der Waals surface area contributed by atoms with Gasteiger partial charge in [0, 0.05) is 17.3 Å². The fourth-order valence-electron chi connectivity index (χ4n) is 3.51. The van der Waals surface area contributed by atoms with Crippen molar-refractivity contribution in [3.05, 3.63) is 71.9 Å². The largest absolute Gasteiger partial charge is 0.342 e. The Labute approximate surface area is 156 Å². The maximum Gasteiger partial charge on any atom is 0.245 e. The summed E-state index contributed by atoms with van der Waals surface area (Å²) >= 11 is 0. The smallest absolute Gasteiger partial charge is 0.245 e. The van der Waals surface area contributed by atoms with Crippen molar-refractivity contribution in [3.8, 4) is 0 Å². The Morgan fingerprint density at radius 2 is 1.56 bits per heavy atom. The van der Waals surface area contributed by atoms with Crippen molar-refractivity contribution in [1.29, 1.82) is 0 Å². The number of aromatic nitrogens is 1. The van der Waals surface area contributed by atoms with Gasteiger partial charge in [0.2, 0.25) is 11.8 Å². The Balaban J connectivity index is 1.53. The summed E-state index contributed by atoms with van der Waals surface area (Å²) in [5.41, 5.74) is 2.31. The van der Waals surface area contributed by atoms with Crippen LogP contribution in [0, 0.1) is 0 Å². The molecule has 1 saturated heterocycles. The number of rotatable bonds is 5. The number of carbonyl (C=O) groups is 3. The zero-order valence-electron chi connectivity index (χ0n) is 14.6. The highest BCUT2D eigenvalue weighted by molar-refractivity contribution is 5.97. The van der Waals surface area contributed by atoms with Gasteiger partial charge in [-0.2, -0.15) is 0 Å². The van der Waals surface area contributed by atoms with Gasteiger partial charge in [0.15, 0.2) is 6.29 Å². The second-order valence-corrected chi connectivity index (χ2v) is 6.67. The lowest BCUT2D eigenvalue weighted by Gasteiger charge is -2.30. The summed E-state index contributed by atoms with van der Waals surface area (Å²) in [5, 5.41) is 6.53. The van der Waals surface area contributed by atoms with Crippen LogP contribution < -0.4 is 10.6 Å². The Morgan fingerprint density at radius 3 is 2.33 bits per heavy atom. The zero-order valence-corrected chi connectivity index (χ0v) is 14.6. The maximum absolute atomic E-state index is 12.6. The number of benzene rings is 2. The monoisotopic (exact) mass is 361 g/mol. The standard InChI is InChI=1S/C21H19N3O3/c25-13-16-11-15-8-4-5-9-19(15)24(16)12-18-21(27)22-17(20(26)23-18)10-14-6-2-1-3-7-14/h1-9,11,13,17-18H,10,12H2,(H,22,27)(H,23,26)/t17-,18-/m0/s1. The van der Waals surface area contributed by atoms with Crippen molar-refractivity contribution in [1.82, 2.24) is 15.2 Å². The van der Waals surface area contributed by atoms with Gasteiger partial charge in [-0.3, -0.25) is 14.4 Å². The van der Waals surface area contributed by atoms with Crippen molar-refractivity contribution in [2.45, 2.75) is 25.0 Å². The molecule has 4 rings (SSSR count). The van der Waals surface area contributed by atoms with Crippen LogP contribution in [0.25, 0.3) is 10.9 Å². The molecule has 0 aliphatic carbocycles. The molecule has 1 fully saturated rings. The van der Waals surface area contributed by atoms with Crippen LogP contribution in [-0.4, -0.2) is 34.8 Å². The molecule has 2 atom stereocenters. The minimum atomic E-state index is -0.723. The van der Waals surface area contributed by atoms with E-state index in [1.54, 1.807) is 10.6 Å². The fourth-order valence-corrected chi connectivity index (χ4v) is 3.51. The number of nitrogens with one attached hydrogen (secondary N) is 2. The first kappa shape index (κ1) is 17.0. The molecule has 0 unspecified atom stereocenters. The highest BCUT2D eigenvalue weighted by Gasteiger charge is 2.34. The van der Waals surface area contributed by atoms with E-state index in [2.05, 4.69) is 10.6 Å². The lowest BCUT2D eigenvalue weighted by Crippen LogP contribution is -2.63. The summed E-state index contributed by atoms with van der Waals surface area (Å²) < 4.78 is 1.77. The van der Waals surface area contributed by atoms with E-state index in [9.17, 15) is 14.4 Å². The van der Waals surface area contributed by atoms with E-state index < -0.39 is 12.1 Å². The molecule has 1 aliphatic rings. The quantitative estimate of drug-likeness (QED) is 0.679. The predicted molar refractivity (Wildman–Crippen MR) is 101 cm³/mol. The first-order valence-electron chi connectivity index (χ1n) is 8.84. The minimum Gasteiger partial charge on any atom is -0.342 e. The first-order valence-corrected chi connectivity index (χ1v) is 8.84. The lowest BCUT2D eigenvalue weighted by molar-refractivity contribution is -0.137. The number of hydrogen-bond acceptors (Lipinski definition) is 3. The topological polar surface area (TPSA) is 80.2 Å². The molecular formula is C21H19N3O3. The van der Waals surface area contributed by atoms with Gasteiger partial charge in [0.1, 0.15) is 12.1 Å². The summed E-state index contributed by atoms with van der Waals surface area (Å²) in [6, 6.07) is 17.6. The number of para-hydroxylation sites is 1. The molecule has 1 aliphatic heterocycles. The normalized spacial score (nSPS) is 19.6. The second kappa shape index (κ2) is 7.07. The molecule has 2 amide bonds. The van der Waals surface area contributed by atoms with Crippen LogP contribution >= 0.6 is 0 Å². The number of nitrogens with zero attached hydrogens (tertiary/aromatic N) is 1. The van der Waals surface area contributed by atoms with Gasteiger partial charge in [0.25, 0.3) is 0 Å². The van der Waals surface area contributed by atoms with Crippen LogP contribution in [0.3, 0.4) is 0 Å². The Bertz CT molecular complexity index is 1010. The Kier molecular flexibility index (Phi) is 4.46. The lowest BCUT2D eigenvalue weighted by atomic mass is 10.0. The van der Waals surface area contributed by atoms with Gasteiger partial charge in [-0.25, -0.2) is 0 Å². The van der Waals surface area contributed by atoms with E-state index in [-0.39, 0.29) is 18.4 Å². The molecule has 136 valence electrons. The second-order valence-electron chi connectivity index (χ2n) is 6.67. The van der Waals surface area contributed by atoms with Crippen molar-refractivity contribution < 1.29 is 14.4 Å². The third-order valence-corrected chi connectivity index (χ3v) is 4.88. The molecule has 1 aromatic heterocycles. The van der Waals surface area contributed by atoms with Crippen LogP contribution in [0.1, 0.15) is 16.1 Å². The molecule has 27 heavy (non-hydrogen) atoms. The number of hydrogen-bond donors (Lipinski definition) is 2. The van der Waals surface area contributed by atoms with Gasteiger partial charge < -0.3 is 15.2 Å². The molecular weight excluding hydrogens is 342 g/mol. The summed E-state index contributed by atoms with van der Waals surface area (Å²) in [7, 11) is 0. The number of piperazine rings is 1. The van der Waals surface area contributed by atoms with Crippen LogP contribution in [0.5, 0.6) is 0 Å². The highest BCUT2D eigenvalue weighted by atomic mass is 16.2. The molecule has 2 N–H and O–H groups in total. The molecule has 3 aromatic rings. The Morgan fingerprint density at radius 1 is 0.889 bits per heavy atom. The van der Waals surface area contributed by atoms with Crippen molar-refractivity contribution in [2.75, 3.05) is 0 Å². The van der Waals surface area contributed by atoms with Crippen molar-refractivity contribution in [3.63, 3.8) is 0 Å². The predicted octanol–water partition coefficient (Wildman–Crippen LogP) is 1.68. The maximum atomic E-state index is 12.6. The number of carbonyl (C=O) groups excluding carboxylic acids is 3. The van der Waals surface area contributed by atoms with Gasteiger partial charge in [-0.05, 0) is 17.7 Å². The molecule has 6 heteroatoms. The van der Waals surface area contributed by atoms with Gasteiger partial charge >= 0.3 is 0 Å². The van der Waals surface area contributed by atoms with E-state index in [0.29, 0.717) is 12.1 Å². The average molecular weight is 361 g/mol. The summed E-state index contributed by atoms with van der Waals surface area (Å²) in [6.07, 6.45) is 1.21. The van der Waals surface area contributed by atoms with Crippen LogP contribution in [0.2, 0.25) is 0 Å². The Hall–Kier alpha value is -3.41. The van der Waals surface area contributed by atoms with Gasteiger partial charge in [-0.1, -0.05) is 48.5 Å². The molecule has 0 saturated carbocycles. The summed E-state index contributed by atoms with van der Waals surface area (Å²) in [6.45, 7) is 0.206. The minimum absolute atomic E-state index is 0.206. The molecule has 2 heterocycles. The third-order valence-electron chi connectivity index (χ3n) is 4.88. The van der Waals surface area contributed by atoms with Crippen molar-refractivity contribution >= 4 is 29.0 Å². The molecule has 0 radical (unpaired) electrons. The molecule has 0 spiro atoms. The van der Waals surface area contributed by atoms with E-state index >= 15 is 0 Å². The SMILES string of the molecule is O=Cc1cc2ccccc2n1C[C@@H]1NC(=O)[C@H](Cc2ccccc2)NC1=O. The molecule has 6 nitrogen and oxygen atoms in total. The zero-order chi connectivity index (χ0) is 18.8. The molecule has 2 aromatic carbocycles.